The van der Waals surface area contributed by atoms with Crippen molar-refractivity contribution in [1.82, 2.24) is 25.5 Å². The molecule has 0 amide bonds. The van der Waals surface area contributed by atoms with E-state index in [0.717, 1.165) is 0 Å². The number of nitrogens with one attached hydrogen (secondary N) is 1. The molecule has 0 unspecified atom stereocenters. The van der Waals surface area contributed by atoms with Gasteiger partial charge in [0.15, 0.2) is 5.82 Å². The molecular weight excluding hydrogens is 197 g/mol. The lowest BCUT2D eigenvalue weighted by atomic mass is 10.3. The Labute approximate surface area is 85.9 Å². The summed E-state index contributed by atoms with van der Waals surface area (Å²) in [5, 5.41) is 14.1. The van der Waals surface area contributed by atoms with Gasteiger partial charge in [-0.2, -0.15) is 4.68 Å². The number of nitrogens with zero attached hydrogens (tertiary/aromatic N) is 4. The van der Waals surface area contributed by atoms with Crippen LogP contribution in [0.5, 0.6) is 0 Å². The van der Waals surface area contributed by atoms with Gasteiger partial charge in [-0.15, -0.1) is 5.10 Å². The van der Waals surface area contributed by atoms with E-state index < -0.39 is 0 Å². The van der Waals surface area contributed by atoms with Crippen LogP contribution in [0.1, 0.15) is 5.82 Å². The summed E-state index contributed by atoms with van der Waals surface area (Å²) in [6.45, 7) is 0.531. The third-order valence-corrected chi connectivity index (χ3v) is 1.92. The molecule has 0 radical (unpaired) electrons. The minimum Gasteiger partial charge on any atom is -0.313 e. The zero-order valence-electron chi connectivity index (χ0n) is 8.18. The fourth-order valence-electron chi connectivity index (χ4n) is 1.28. The minimum atomic E-state index is -0.307. The van der Waals surface area contributed by atoms with Crippen LogP contribution in [0.25, 0.3) is 5.69 Å². The van der Waals surface area contributed by atoms with Gasteiger partial charge in [0.05, 0.1) is 12.2 Å². The van der Waals surface area contributed by atoms with Crippen LogP contribution in [0.2, 0.25) is 0 Å². The van der Waals surface area contributed by atoms with Gasteiger partial charge in [0.2, 0.25) is 0 Å². The number of rotatable bonds is 3. The van der Waals surface area contributed by atoms with Gasteiger partial charge >= 0.3 is 0 Å². The van der Waals surface area contributed by atoms with Gasteiger partial charge in [-0.25, -0.2) is 4.39 Å². The highest BCUT2D eigenvalue weighted by molar-refractivity contribution is 5.31. The van der Waals surface area contributed by atoms with Crippen molar-refractivity contribution in [3.63, 3.8) is 0 Å². The van der Waals surface area contributed by atoms with Crippen molar-refractivity contribution in [2.45, 2.75) is 6.54 Å². The molecule has 0 spiro atoms. The monoisotopic (exact) mass is 207 g/mol. The average molecular weight is 207 g/mol. The number of hydrogen-bond acceptors (Lipinski definition) is 4. The van der Waals surface area contributed by atoms with Crippen LogP contribution in [-0.4, -0.2) is 27.3 Å². The SMILES string of the molecule is CNCc1nnnn1-c1cccc(F)c1. The molecule has 6 heteroatoms. The van der Waals surface area contributed by atoms with Gasteiger partial charge in [-0.1, -0.05) is 6.07 Å². The molecule has 0 saturated carbocycles. The molecule has 0 bridgehead atoms. The van der Waals surface area contributed by atoms with Crippen LogP contribution in [0.3, 0.4) is 0 Å². The molecule has 0 saturated heterocycles. The second-order valence-corrected chi connectivity index (χ2v) is 3.02. The fourth-order valence-corrected chi connectivity index (χ4v) is 1.28. The molecule has 1 aromatic carbocycles. The van der Waals surface area contributed by atoms with E-state index >= 15 is 0 Å². The maximum Gasteiger partial charge on any atom is 0.170 e. The molecule has 1 heterocycles. The lowest BCUT2D eigenvalue weighted by Crippen LogP contribution is -2.12. The van der Waals surface area contributed by atoms with Crippen molar-refractivity contribution in [2.75, 3.05) is 7.05 Å². The van der Waals surface area contributed by atoms with E-state index in [2.05, 4.69) is 20.8 Å². The largest absolute Gasteiger partial charge is 0.313 e. The first kappa shape index (κ1) is 9.72. The van der Waals surface area contributed by atoms with E-state index in [9.17, 15) is 4.39 Å². The van der Waals surface area contributed by atoms with Crippen LogP contribution in [0.4, 0.5) is 4.39 Å². The van der Waals surface area contributed by atoms with Crippen molar-refractivity contribution in [2.24, 2.45) is 0 Å². The quantitative estimate of drug-likeness (QED) is 0.797. The van der Waals surface area contributed by atoms with E-state index in [1.807, 2.05) is 0 Å². The summed E-state index contributed by atoms with van der Waals surface area (Å²) in [6.07, 6.45) is 0. The maximum absolute atomic E-state index is 13.0. The van der Waals surface area contributed by atoms with Crippen molar-refractivity contribution < 1.29 is 4.39 Å². The molecule has 0 atom stereocenters. The predicted octanol–water partition coefficient (Wildman–Crippen LogP) is 0.521. The predicted molar refractivity (Wildman–Crippen MR) is 51.9 cm³/mol. The van der Waals surface area contributed by atoms with E-state index in [4.69, 9.17) is 0 Å². The Hall–Kier alpha value is -1.82. The summed E-state index contributed by atoms with van der Waals surface area (Å²) in [5.41, 5.74) is 0.616. The summed E-state index contributed by atoms with van der Waals surface area (Å²) in [6, 6.07) is 6.13. The maximum atomic E-state index is 13.0. The number of aromatic nitrogens is 4. The molecule has 78 valence electrons. The van der Waals surface area contributed by atoms with Crippen molar-refractivity contribution in [1.29, 1.82) is 0 Å². The van der Waals surface area contributed by atoms with Gasteiger partial charge in [0.1, 0.15) is 5.82 Å². The van der Waals surface area contributed by atoms with E-state index in [0.29, 0.717) is 18.1 Å². The molecule has 1 N–H and O–H groups in total. The highest BCUT2D eigenvalue weighted by Crippen LogP contribution is 2.09. The van der Waals surface area contributed by atoms with E-state index in [-0.39, 0.29) is 5.82 Å². The van der Waals surface area contributed by atoms with Crippen molar-refractivity contribution in [3.05, 3.63) is 35.9 Å². The Morgan fingerprint density at radius 1 is 1.47 bits per heavy atom. The zero-order chi connectivity index (χ0) is 10.7. The second kappa shape index (κ2) is 4.14. The molecule has 1 aromatic heterocycles. The average Bonchev–Trinajstić information content (AvgIpc) is 2.66. The van der Waals surface area contributed by atoms with Crippen LogP contribution in [-0.2, 0) is 6.54 Å². The van der Waals surface area contributed by atoms with Gasteiger partial charge in [-0.3, -0.25) is 0 Å². The highest BCUT2D eigenvalue weighted by atomic mass is 19.1. The fraction of sp³-hybridized carbons (Fsp3) is 0.222. The molecule has 0 fully saturated rings. The normalized spacial score (nSPS) is 10.5. The van der Waals surface area contributed by atoms with Crippen molar-refractivity contribution >= 4 is 0 Å². The number of benzene rings is 1. The molecule has 5 nitrogen and oxygen atoms in total. The first-order valence-electron chi connectivity index (χ1n) is 4.49. The topological polar surface area (TPSA) is 55.6 Å². The zero-order valence-corrected chi connectivity index (χ0v) is 8.18. The molecule has 0 aliphatic carbocycles. The Balaban J connectivity index is 2.40. The standard InChI is InChI=1S/C9H10FN5/c1-11-6-9-12-13-14-15(9)8-4-2-3-7(10)5-8/h2-5,11H,6H2,1H3. The minimum absolute atomic E-state index is 0.307. The van der Waals surface area contributed by atoms with Crippen molar-refractivity contribution in [3.8, 4) is 5.69 Å². The number of halogens is 1. The van der Waals surface area contributed by atoms with Crippen LogP contribution < -0.4 is 5.32 Å². The van der Waals surface area contributed by atoms with E-state index in [1.54, 1.807) is 19.2 Å². The van der Waals surface area contributed by atoms with Gasteiger partial charge in [-0.05, 0) is 35.7 Å². The summed E-state index contributed by atoms with van der Waals surface area (Å²) in [4.78, 5) is 0. The summed E-state index contributed by atoms with van der Waals surface area (Å²) in [5.74, 6) is 0.335. The van der Waals surface area contributed by atoms with Crippen LogP contribution in [0, 0.1) is 5.82 Å². The lowest BCUT2D eigenvalue weighted by molar-refractivity contribution is 0.623. The Morgan fingerprint density at radius 2 is 2.33 bits per heavy atom. The van der Waals surface area contributed by atoms with Crippen LogP contribution >= 0.6 is 0 Å². The molecule has 0 aliphatic rings. The number of hydrogen-bond donors (Lipinski definition) is 1. The number of tetrazole rings is 1. The summed E-state index contributed by atoms with van der Waals surface area (Å²) in [7, 11) is 1.80. The smallest absolute Gasteiger partial charge is 0.170 e. The van der Waals surface area contributed by atoms with Gasteiger partial charge < -0.3 is 5.32 Å². The molecule has 0 aliphatic heterocycles. The first-order valence-corrected chi connectivity index (χ1v) is 4.49. The molecular formula is C9H10FN5. The third-order valence-electron chi connectivity index (χ3n) is 1.92. The molecule has 2 rings (SSSR count). The Kier molecular flexibility index (Phi) is 2.68. The second-order valence-electron chi connectivity index (χ2n) is 3.02. The molecule has 15 heavy (non-hydrogen) atoms. The lowest BCUT2D eigenvalue weighted by Gasteiger charge is -2.03. The van der Waals surface area contributed by atoms with Gasteiger partial charge in [0.25, 0.3) is 0 Å². The van der Waals surface area contributed by atoms with Gasteiger partial charge in [0, 0.05) is 0 Å². The Morgan fingerprint density at radius 3 is 3.07 bits per heavy atom. The summed E-state index contributed by atoms with van der Waals surface area (Å²) < 4.78 is 14.5. The molecule has 2 aromatic rings. The third kappa shape index (κ3) is 1.99. The van der Waals surface area contributed by atoms with E-state index in [1.165, 1.54) is 16.8 Å². The van der Waals surface area contributed by atoms with Crippen LogP contribution in [0.15, 0.2) is 24.3 Å². The Bertz CT molecular complexity index is 453. The first-order chi connectivity index (χ1) is 7.31. The highest BCUT2D eigenvalue weighted by Gasteiger charge is 2.07. The summed E-state index contributed by atoms with van der Waals surface area (Å²) >= 11 is 0.